The minimum atomic E-state index is 0.840. The molecular weight excluding hydrogens is 440 g/mol. The summed E-state index contributed by atoms with van der Waals surface area (Å²) < 4.78 is 6.28. The summed E-state index contributed by atoms with van der Waals surface area (Å²) in [6.45, 7) is 0.840. The Bertz CT molecular complexity index is 1640. The van der Waals surface area contributed by atoms with Gasteiger partial charge in [0.2, 0.25) is 0 Å². The monoisotopic (exact) mass is 468 g/mol. The van der Waals surface area contributed by atoms with Crippen LogP contribution in [0.25, 0.3) is 33.1 Å². The van der Waals surface area contributed by atoms with Crippen molar-refractivity contribution >= 4 is 39.0 Å². The van der Waals surface area contributed by atoms with Crippen molar-refractivity contribution in [3.63, 3.8) is 0 Å². The van der Waals surface area contributed by atoms with E-state index in [0.29, 0.717) is 0 Å². The van der Waals surface area contributed by atoms with Gasteiger partial charge in [-0.3, -0.25) is 0 Å². The zero-order chi connectivity index (χ0) is 24.5. The van der Waals surface area contributed by atoms with E-state index in [-0.39, 0.29) is 0 Å². The van der Waals surface area contributed by atoms with Crippen molar-refractivity contribution in [3.05, 3.63) is 127 Å². The number of para-hydroxylation sites is 2. The van der Waals surface area contributed by atoms with E-state index < -0.39 is 0 Å². The quantitative estimate of drug-likeness (QED) is 0.244. The molecule has 0 saturated carbocycles. The normalized spacial score (nSPS) is 11.2. The Hall–Kier alpha value is -4.50. The molecule has 1 heterocycles. The van der Waals surface area contributed by atoms with Gasteiger partial charge in [-0.25, -0.2) is 0 Å². The van der Waals surface area contributed by atoms with E-state index in [1.807, 2.05) is 12.1 Å². The highest BCUT2D eigenvalue weighted by atomic mass is 16.3. The molecule has 6 rings (SSSR count). The van der Waals surface area contributed by atoms with E-state index in [4.69, 9.17) is 4.42 Å². The van der Waals surface area contributed by atoms with Crippen molar-refractivity contribution in [1.82, 2.24) is 0 Å². The molecule has 0 aliphatic rings. The Kier molecular flexibility index (Phi) is 5.67. The summed E-state index contributed by atoms with van der Waals surface area (Å²) in [5.41, 5.74) is 8.93. The van der Waals surface area contributed by atoms with Crippen LogP contribution in [0.1, 0.15) is 5.56 Å². The van der Waals surface area contributed by atoms with Gasteiger partial charge in [-0.1, -0.05) is 60.7 Å². The molecule has 0 N–H and O–H groups in total. The molecule has 0 aliphatic carbocycles. The first kappa shape index (κ1) is 22.0. The van der Waals surface area contributed by atoms with Crippen LogP contribution in [-0.2, 0) is 6.54 Å². The molecule has 0 unspecified atom stereocenters. The van der Waals surface area contributed by atoms with E-state index >= 15 is 0 Å². The molecule has 176 valence electrons. The Morgan fingerprint density at radius 1 is 0.528 bits per heavy atom. The molecule has 1 aromatic heterocycles. The molecule has 3 nitrogen and oxygen atoms in total. The molecule has 36 heavy (non-hydrogen) atoms. The molecule has 0 saturated heterocycles. The SMILES string of the molecule is CN(Cc1ccc2oc3cc(-c4cccc(N(C)c5ccccc5)c4)ccc3c2c1)c1ccccc1. The summed E-state index contributed by atoms with van der Waals surface area (Å²) in [6, 6.07) is 42.6. The topological polar surface area (TPSA) is 19.6 Å². The third kappa shape index (κ3) is 4.20. The zero-order valence-electron chi connectivity index (χ0n) is 20.6. The third-order valence-electron chi connectivity index (χ3n) is 6.86. The molecule has 0 radical (unpaired) electrons. The maximum atomic E-state index is 6.28. The van der Waals surface area contributed by atoms with Gasteiger partial charge in [0.25, 0.3) is 0 Å². The lowest BCUT2D eigenvalue weighted by atomic mass is 10.0. The minimum Gasteiger partial charge on any atom is -0.456 e. The van der Waals surface area contributed by atoms with Crippen LogP contribution < -0.4 is 9.80 Å². The first-order valence-electron chi connectivity index (χ1n) is 12.3. The van der Waals surface area contributed by atoms with Crippen molar-refractivity contribution in [2.45, 2.75) is 6.54 Å². The second-order valence-electron chi connectivity index (χ2n) is 9.28. The number of nitrogens with zero attached hydrogens (tertiary/aromatic N) is 2. The van der Waals surface area contributed by atoms with Gasteiger partial charge in [0.15, 0.2) is 0 Å². The first-order valence-corrected chi connectivity index (χ1v) is 12.3. The lowest BCUT2D eigenvalue weighted by molar-refractivity contribution is 0.669. The fourth-order valence-electron chi connectivity index (χ4n) is 4.84. The molecule has 0 amide bonds. The number of hydrogen-bond donors (Lipinski definition) is 0. The van der Waals surface area contributed by atoms with Gasteiger partial charge in [0.1, 0.15) is 11.2 Å². The fraction of sp³-hybridized carbons (Fsp3) is 0.0909. The summed E-state index contributed by atoms with van der Waals surface area (Å²) in [6.07, 6.45) is 0. The van der Waals surface area contributed by atoms with Crippen LogP contribution in [0.5, 0.6) is 0 Å². The van der Waals surface area contributed by atoms with Gasteiger partial charge in [0, 0.05) is 48.5 Å². The number of fused-ring (bicyclic) bond motifs is 3. The van der Waals surface area contributed by atoms with Gasteiger partial charge < -0.3 is 14.2 Å². The van der Waals surface area contributed by atoms with Gasteiger partial charge in [0.05, 0.1) is 0 Å². The lowest BCUT2D eigenvalue weighted by Crippen LogP contribution is -2.15. The number of benzene rings is 5. The first-order chi connectivity index (χ1) is 17.7. The molecule has 0 spiro atoms. The average Bonchev–Trinajstić information content (AvgIpc) is 3.31. The molecule has 6 aromatic rings. The standard InChI is InChI=1S/C33H28N2O/c1-34(27-11-5-3-6-12-27)23-24-16-19-32-31(20-24)30-18-17-26(22-33(30)36-32)25-10-9-15-29(21-25)35(2)28-13-7-4-8-14-28/h3-22H,23H2,1-2H3. The Morgan fingerprint density at radius 3 is 2.00 bits per heavy atom. The predicted octanol–water partition coefficient (Wildman–Crippen LogP) is 8.66. The largest absolute Gasteiger partial charge is 0.456 e. The summed E-state index contributed by atoms with van der Waals surface area (Å²) in [5.74, 6) is 0. The minimum absolute atomic E-state index is 0.840. The molecule has 0 atom stereocenters. The van der Waals surface area contributed by atoms with Crippen molar-refractivity contribution in [3.8, 4) is 11.1 Å². The fourth-order valence-corrected chi connectivity index (χ4v) is 4.84. The maximum Gasteiger partial charge on any atom is 0.136 e. The highest BCUT2D eigenvalue weighted by molar-refractivity contribution is 6.06. The number of anilines is 3. The predicted molar refractivity (Wildman–Crippen MR) is 152 cm³/mol. The smallest absolute Gasteiger partial charge is 0.136 e. The van der Waals surface area contributed by atoms with Gasteiger partial charge in [-0.05, 0) is 77.4 Å². The maximum absolute atomic E-state index is 6.28. The molecular formula is C33H28N2O. The highest BCUT2D eigenvalue weighted by Gasteiger charge is 2.12. The van der Waals surface area contributed by atoms with Gasteiger partial charge in [-0.2, -0.15) is 0 Å². The molecule has 0 bridgehead atoms. The summed E-state index contributed by atoms with van der Waals surface area (Å²) in [4.78, 5) is 4.47. The number of furan rings is 1. The summed E-state index contributed by atoms with van der Waals surface area (Å²) >= 11 is 0. The van der Waals surface area contributed by atoms with Crippen LogP contribution in [0.15, 0.2) is 126 Å². The second-order valence-corrected chi connectivity index (χ2v) is 9.28. The van der Waals surface area contributed by atoms with E-state index in [1.165, 1.54) is 16.8 Å². The van der Waals surface area contributed by atoms with Crippen LogP contribution in [-0.4, -0.2) is 14.1 Å². The Morgan fingerprint density at radius 2 is 1.22 bits per heavy atom. The molecule has 0 aliphatic heterocycles. The Labute approximate surface area is 211 Å². The number of hydrogen-bond acceptors (Lipinski definition) is 3. The van der Waals surface area contributed by atoms with Crippen molar-refractivity contribution in [2.75, 3.05) is 23.9 Å². The Balaban J connectivity index is 1.31. The summed E-state index contributed by atoms with van der Waals surface area (Å²) in [5, 5.41) is 2.31. The van der Waals surface area contributed by atoms with Crippen LogP contribution in [0, 0.1) is 0 Å². The van der Waals surface area contributed by atoms with Crippen LogP contribution >= 0.6 is 0 Å². The highest BCUT2D eigenvalue weighted by Crippen LogP contribution is 2.34. The second kappa shape index (κ2) is 9.27. The van der Waals surface area contributed by atoms with E-state index in [9.17, 15) is 0 Å². The molecule has 3 heteroatoms. The van der Waals surface area contributed by atoms with Crippen molar-refractivity contribution in [2.24, 2.45) is 0 Å². The zero-order valence-corrected chi connectivity index (χ0v) is 20.6. The van der Waals surface area contributed by atoms with Crippen LogP contribution in [0.4, 0.5) is 17.1 Å². The average molecular weight is 469 g/mol. The van der Waals surface area contributed by atoms with Crippen molar-refractivity contribution < 1.29 is 4.42 Å². The molecule has 0 fully saturated rings. The molecule has 5 aromatic carbocycles. The lowest BCUT2D eigenvalue weighted by Gasteiger charge is -2.20. The number of rotatable bonds is 6. The van der Waals surface area contributed by atoms with Gasteiger partial charge >= 0.3 is 0 Å². The van der Waals surface area contributed by atoms with E-state index in [1.54, 1.807) is 0 Å². The third-order valence-corrected chi connectivity index (χ3v) is 6.86. The van der Waals surface area contributed by atoms with E-state index in [2.05, 4.69) is 133 Å². The van der Waals surface area contributed by atoms with Crippen LogP contribution in [0.3, 0.4) is 0 Å². The van der Waals surface area contributed by atoms with Gasteiger partial charge in [-0.15, -0.1) is 0 Å². The van der Waals surface area contributed by atoms with E-state index in [0.717, 1.165) is 45.4 Å². The van der Waals surface area contributed by atoms with Crippen molar-refractivity contribution in [1.29, 1.82) is 0 Å². The summed E-state index contributed by atoms with van der Waals surface area (Å²) in [7, 11) is 4.23. The van der Waals surface area contributed by atoms with Crippen LogP contribution in [0.2, 0.25) is 0 Å².